The van der Waals surface area contributed by atoms with Gasteiger partial charge in [-0.25, -0.2) is 0 Å². The van der Waals surface area contributed by atoms with E-state index in [9.17, 15) is 4.79 Å². The molecule has 2 aliphatic heterocycles. The van der Waals surface area contributed by atoms with Crippen LogP contribution in [-0.4, -0.2) is 254 Å². The zero-order valence-corrected chi connectivity index (χ0v) is 30.3. The molecule has 0 bridgehead atoms. The first-order chi connectivity index (χ1) is 25.0. The lowest BCUT2D eigenvalue weighted by Crippen LogP contribution is -2.73. The number of nitrogens with two attached hydrogens (primary N) is 1. The van der Waals surface area contributed by atoms with Gasteiger partial charge in [0.05, 0.1) is 126 Å². The summed E-state index contributed by atoms with van der Waals surface area (Å²) in [6.07, 6.45) is 0. The minimum Gasteiger partial charge on any atom is -0.478 e. The Labute approximate surface area is 370 Å². The van der Waals surface area contributed by atoms with Gasteiger partial charge in [-0.05, 0) is 10.7 Å². The molecular formula is C22H3B27N6O2. The van der Waals surface area contributed by atoms with E-state index in [2.05, 4.69) is 15.3 Å². The van der Waals surface area contributed by atoms with Crippen LogP contribution in [0.2, 0.25) is 26.0 Å². The standard InChI is InChI=1S/C22H3B27N6O2/c23-3-1(4(24)6(26)2(5(3)25)13(29,30)55-20(44,45)16(35,36)17(37,38)21(55,46)47)12(27,28)54-9-7(51-10(56)14(54,31)32)8(50)52-11(53-9)57-22(48,49)18(39,40)15(33,34)19(41,42)43/h(H,51,56)(H2,50,52,53). The fraction of sp³-hybridized carbons (Fsp3) is 0.500. The maximum Gasteiger partial charge on any atom is 0.319 e. The SMILES string of the molecule is [B]c1c([B])c(C([B])([B])N2C([B])([B])C([B])([B])C([B])([B])C2([B])[B])c([B])c([B])c1C([B])([B])N1c2nc(OC([B])([B])C([B])([B])C([B])([B])C([B])([B])[B])nc(N)c2NC(=O)C1([B])[B]. The van der Waals surface area contributed by atoms with Crippen molar-refractivity contribution in [2.75, 3.05) is 16.0 Å². The monoisotopic (exact) mass is 680 g/mol. The fourth-order valence-corrected chi connectivity index (χ4v) is 6.53. The first-order valence-corrected chi connectivity index (χ1v) is 15.7. The van der Waals surface area contributed by atoms with Crippen molar-refractivity contribution in [3.8, 4) is 6.01 Å². The molecule has 3 heterocycles. The Kier molecular flexibility index (Phi) is 11.7. The third-order valence-electron chi connectivity index (χ3n) is 10.3. The van der Waals surface area contributed by atoms with Gasteiger partial charge in [0.2, 0.25) is 5.91 Å². The smallest absolute Gasteiger partial charge is 0.319 e. The maximum absolute atomic E-state index is 13.4. The molecule has 1 saturated heterocycles. The van der Waals surface area contributed by atoms with Gasteiger partial charge in [-0.15, -0.1) is 31.7 Å². The van der Waals surface area contributed by atoms with Crippen molar-refractivity contribution in [1.29, 1.82) is 0 Å². The molecule has 0 saturated carbocycles. The fourth-order valence-electron chi connectivity index (χ4n) is 6.53. The molecule has 214 valence electrons. The Morgan fingerprint density at radius 3 is 1.37 bits per heavy atom. The lowest BCUT2D eigenvalue weighted by Gasteiger charge is -2.61. The first-order valence-electron chi connectivity index (χ1n) is 15.7. The largest absolute Gasteiger partial charge is 0.478 e. The average molecular weight is 675 g/mol. The topological polar surface area (TPSA) is 96.6 Å². The predicted octanol–water partition coefficient (Wildman–Crippen LogP) is -13.4. The van der Waals surface area contributed by atoms with E-state index in [1.54, 1.807) is 0 Å². The van der Waals surface area contributed by atoms with E-state index < -0.39 is 120 Å². The second-order valence-corrected chi connectivity index (χ2v) is 14.6. The van der Waals surface area contributed by atoms with Gasteiger partial charge < -0.3 is 25.6 Å². The number of likely N-dealkylation sites (tertiary alicyclic amines) is 1. The number of hydrogen-bond donors (Lipinski definition) is 2. The maximum atomic E-state index is 13.4. The van der Waals surface area contributed by atoms with Gasteiger partial charge >= 0.3 is 6.01 Å². The van der Waals surface area contributed by atoms with Crippen molar-refractivity contribution in [2.45, 2.75) is 58.1 Å². The molecule has 1 amide bonds. The second-order valence-electron chi connectivity index (χ2n) is 14.6. The number of ether oxygens (including phenoxy) is 1. The Morgan fingerprint density at radius 2 is 0.982 bits per heavy atom. The summed E-state index contributed by atoms with van der Waals surface area (Å²) in [4.78, 5) is 22.5. The Morgan fingerprint density at radius 1 is 0.596 bits per heavy atom. The Hall–Kier alpha value is -1.12. The van der Waals surface area contributed by atoms with E-state index in [1.807, 2.05) is 0 Å². The quantitative estimate of drug-likeness (QED) is 0.255. The number of rotatable bonds is 9. The molecule has 4 rings (SSSR count). The van der Waals surface area contributed by atoms with Crippen molar-refractivity contribution < 1.29 is 9.53 Å². The zero-order chi connectivity index (χ0) is 44.8. The number of nitrogen functional groups attached to an aromatic ring is 1. The normalized spacial score (nSPS) is 20.6. The van der Waals surface area contributed by atoms with Gasteiger partial charge in [-0.3, -0.25) is 4.79 Å². The number of hydrogen-bond acceptors (Lipinski definition) is 7. The van der Waals surface area contributed by atoms with Gasteiger partial charge in [0.1, 0.15) is 68.5 Å². The summed E-state index contributed by atoms with van der Waals surface area (Å²) in [7, 11) is 168. The van der Waals surface area contributed by atoms with Gasteiger partial charge in [-0.2, -0.15) is 9.97 Å². The van der Waals surface area contributed by atoms with E-state index in [4.69, 9.17) is 222 Å². The molecule has 54 radical (unpaired) electrons. The van der Waals surface area contributed by atoms with Crippen molar-refractivity contribution in [3.05, 3.63) is 11.1 Å². The van der Waals surface area contributed by atoms with Crippen LogP contribution in [0.4, 0.5) is 17.3 Å². The van der Waals surface area contributed by atoms with Gasteiger partial charge in [0.25, 0.3) is 0 Å². The number of nitrogens with zero attached hydrogens (tertiary/aromatic N) is 4. The highest BCUT2D eigenvalue weighted by Gasteiger charge is 2.65. The minimum absolute atomic E-state index is 0.447. The highest BCUT2D eigenvalue weighted by atomic mass is 16.5. The van der Waals surface area contributed by atoms with Crippen molar-refractivity contribution in [2.24, 2.45) is 0 Å². The number of nitrogens with one attached hydrogen (secondary N) is 1. The van der Waals surface area contributed by atoms with Crippen LogP contribution in [0, 0.1) is 0 Å². The van der Waals surface area contributed by atoms with Crippen molar-refractivity contribution in [3.63, 3.8) is 0 Å². The lowest BCUT2D eigenvalue weighted by molar-refractivity contribution is -0.117. The van der Waals surface area contributed by atoms with Crippen LogP contribution in [0.3, 0.4) is 0 Å². The summed E-state index contributed by atoms with van der Waals surface area (Å²) >= 11 is 0. The van der Waals surface area contributed by atoms with Crippen molar-refractivity contribution >= 4 is 257 Å². The van der Waals surface area contributed by atoms with Gasteiger partial charge in [0, 0.05) is 34.3 Å². The van der Waals surface area contributed by atoms with Crippen LogP contribution < -0.4 is 42.5 Å². The van der Waals surface area contributed by atoms with Gasteiger partial charge in [-0.1, -0.05) is 37.9 Å². The molecule has 0 atom stereocenters. The predicted molar refractivity (Wildman–Crippen MR) is 248 cm³/mol. The van der Waals surface area contributed by atoms with E-state index in [-0.39, 0.29) is 0 Å². The number of carbonyl (C=O) groups excluding carboxylic acids is 1. The Bertz CT molecular complexity index is 1960. The molecule has 57 heavy (non-hydrogen) atoms. The molecule has 1 fully saturated rings. The molecule has 3 N–H and O–H groups in total. The van der Waals surface area contributed by atoms with Crippen LogP contribution in [-0.2, 0) is 15.5 Å². The summed E-state index contributed by atoms with van der Waals surface area (Å²) in [6, 6.07) is -0.903. The molecule has 0 aliphatic carbocycles. The molecule has 1 aromatic carbocycles. The number of anilines is 3. The van der Waals surface area contributed by atoms with E-state index in [0.717, 1.165) is 0 Å². The highest BCUT2D eigenvalue weighted by molar-refractivity contribution is 6.73. The van der Waals surface area contributed by atoms with E-state index in [0.29, 0.717) is 9.80 Å². The van der Waals surface area contributed by atoms with Crippen LogP contribution in [0.25, 0.3) is 0 Å². The molecule has 2 aromatic rings. The summed E-state index contributed by atoms with van der Waals surface area (Å²) < 4.78 is 5.48. The van der Waals surface area contributed by atoms with Gasteiger partial charge in [0.15, 0.2) is 11.6 Å². The van der Waals surface area contributed by atoms with E-state index in [1.165, 1.54) is 0 Å². The molecule has 8 nitrogen and oxygen atoms in total. The highest BCUT2D eigenvalue weighted by Crippen LogP contribution is 2.65. The Balaban J connectivity index is 1.98. The summed E-state index contributed by atoms with van der Waals surface area (Å²) in [5.74, 6) is -2.46. The number of benzene rings is 1. The zero-order valence-electron chi connectivity index (χ0n) is 30.3. The molecule has 0 unspecified atom stereocenters. The minimum atomic E-state index is -2.91. The summed E-state index contributed by atoms with van der Waals surface area (Å²) in [6.45, 7) is 0. The number of aromatic nitrogens is 2. The lowest BCUT2D eigenvalue weighted by atomic mass is 9.10. The number of amides is 1. The van der Waals surface area contributed by atoms with Crippen LogP contribution in [0.5, 0.6) is 6.01 Å². The molecular weight excluding hydrogens is 672 g/mol. The van der Waals surface area contributed by atoms with E-state index >= 15 is 0 Å². The molecule has 35 heteroatoms. The number of carbonyl (C=O) groups is 1. The average Bonchev–Trinajstić information content (AvgIpc) is 3.06. The summed E-state index contributed by atoms with van der Waals surface area (Å²) in [5, 5.41) is -27.5. The molecule has 2 aliphatic rings. The molecule has 0 spiro atoms. The third-order valence-corrected chi connectivity index (χ3v) is 10.3. The first kappa shape index (κ1) is 48.5. The number of fused-ring (bicyclic) bond motifs is 1. The summed E-state index contributed by atoms with van der Waals surface area (Å²) in [5.41, 5.74) is 1.90. The van der Waals surface area contributed by atoms with Crippen molar-refractivity contribution in [1.82, 2.24) is 14.9 Å². The third kappa shape index (κ3) is 6.48. The van der Waals surface area contributed by atoms with Crippen LogP contribution in [0.15, 0.2) is 0 Å². The van der Waals surface area contributed by atoms with Crippen LogP contribution in [0.1, 0.15) is 11.1 Å². The van der Waals surface area contributed by atoms with Crippen LogP contribution >= 0.6 is 0 Å². The molecule has 1 aromatic heterocycles. The second kappa shape index (κ2) is 13.7.